The zero-order valence-corrected chi connectivity index (χ0v) is 15.6. The highest BCUT2D eigenvalue weighted by Crippen LogP contribution is 2.27. The summed E-state index contributed by atoms with van der Waals surface area (Å²) in [5.41, 5.74) is 3.05. The molecule has 1 heterocycles. The first-order chi connectivity index (χ1) is 12.6. The van der Waals surface area contributed by atoms with Crippen molar-refractivity contribution in [3.8, 4) is 11.3 Å². The van der Waals surface area contributed by atoms with Gasteiger partial charge < -0.3 is 10.6 Å². The summed E-state index contributed by atoms with van der Waals surface area (Å²) in [5.74, 6) is 0.0988. The van der Waals surface area contributed by atoms with Crippen LogP contribution in [-0.2, 0) is 16.0 Å². The largest absolute Gasteiger partial charge is 0.356 e. The lowest BCUT2D eigenvalue weighted by molar-refractivity contribution is -0.120. The number of benzene rings is 1. The molecule has 0 saturated carbocycles. The fraction of sp³-hybridized carbons (Fsp3) is 0.350. The van der Waals surface area contributed by atoms with Gasteiger partial charge in [-0.2, -0.15) is 0 Å². The summed E-state index contributed by atoms with van der Waals surface area (Å²) >= 11 is 1.45. The van der Waals surface area contributed by atoms with Gasteiger partial charge in [-0.1, -0.05) is 36.4 Å². The number of carbonyl (C=O) groups excluding carboxylic acids is 2. The minimum Gasteiger partial charge on any atom is -0.356 e. The molecule has 3 rings (SSSR count). The van der Waals surface area contributed by atoms with Crippen molar-refractivity contribution < 1.29 is 9.59 Å². The van der Waals surface area contributed by atoms with E-state index in [4.69, 9.17) is 0 Å². The molecule has 1 aromatic heterocycles. The molecule has 136 valence electrons. The van der Waals surface area contributed by atoms with Gasteiger partial charge in [0.05, 0.1) is 5.69 Å². The van der Waals surface area contributed by atoms with Crippen molar-refractivity contribution >= 4 is 28.3 Å². The molecule has 0 spiro atoms. The van der Waals surface area contributed by atoms with E-state index in [1.807, 2.05) is 29.6 Å². The van der Waals surface area contributed by atoms with Gasteiger partial charge in [-0.3, -0.25) is 9.59 Å². The van der Waals surface area contributed by atoms with Crippen LogP contribution < -0.4 is 10.6 Å². The normalized spacial score (nSPS) is 16.3. The second kappa shape index (κ2) is 8.76. The molecular formula is C20H23N3O2S. The molecule has 5 nitrogen and oxygen atoms in total. The van der Waals surface area contributed by atoms with E-state index in [0.717, 1.165) is 42.5 Å². The van der Waals surface area contributed by atoms with Crippen molar-refractivity contribution in [1.82, 2.24) is 10.3 Å². The predicted molar refractivity (Wildman–Crippen MR) is 105 cm³/mol. The SMILES string of the molecule is CC(=O)NCCc1ccc(-c2csc(NC(=O)[C@H]3CC=CCC3)n2)cc1. The van der Waals surface area contributed by atoms with E-state index in [2.05, 4.69) is 27.8 Å². The molecule has 1 aromatic carbocycles. The standard InChI is InChI=1S/C20H23N3O2S/c1-14(24)21-12-11-15-7-9-16(10-8-15)18-13-26-20(22-18)23-19(25)17-5-3-2-4-6-17/h2-3,7-10,13,17H,4-6,11-12H2,1H3,(H,21,24)(H,22,23,25)/t17-/m0/s1. The van der Waals surface area contributed by atoms with E-state index >= 15 is 0 Å². The van der Waals surface area contributed by atoms with Crippen LogP contribution in [0.25, 0.3) is 11.3 Å². The second-order valence-corrected chi connectivity index (χ2v) is 7.30. The van der Waals surface area contributed by atoms with Crippen LogP contribution in [0.15, 0.2) is 41.8 Å². The number of rotatable bonds is 6. The van der Waals surface area contributed by atoms with Crippen LogP contribution in [0, 0.1) is 5.92 Å². The number of aromatic nitrogens is 1. The smallest absolute Gasteiger partial charge is 0.229 e. The molecule has 0 saturated heterocycles. The zero-order chi connectivity index (χ0) is 18.4. The Morgan fingerprint density at radius 1 is 1.23 bits per heavy atom. The number of hydrogen-bond acceptors (Lipinski definition) is 4. The molecule has 1 aliphatic carbocycles. The monoisotopic (exact) mass is 369 g/mol. The molecule has 1 atom stereocenters. The zero-order valence-electron chi connectivity index (χ0n) is 14.8. The minimum atomic E-state index is -0.0112. The quantitative estimate of drug-likeness (QED) is 0.761. The first-order valence-corrected chi connectivity index (χ1v) is 9.75. The third kappa shape index (κ3) is 5.02. The van der Waals surface area contributed by atoms with E-state index in [9.17, 15) is 9.59 Å². The van der Waals surface area contributed by atoms with E-state index in [0.29, 0.717) is 11.7 Å². The van der Waals surface area contributed by atoms with Crippen LogP contribution in [0.1, 0.15) is 31.7 Å². The number of hydrogen-bond donors (Lipinski definition) is 2. The van der Waals surface area contributed by atoms with Crippen LogP contribution >= 0.6 is 11.3 Å². The Bertz CT molecular complexity index is 796. The summed E-state index contributed by atoms with van der Waals surface area (Å²) in [7, 11) is 0. The van der Waals surface area contributed by atoms with E-state index < -0.39 is 0 Å². The fourth-order valence-corrected chi connectivity index (χ4v) is 3.65. The van der Waals surface area contributed by atoms with Crippen LogP contribution in [0.5, 0.6) is 0 Å². The van der Waals surface area contributed by atoms with Gasteiger partial charge in [-0.25, -0.2) is 4.98 Å². The van der Waals surface area contributed by atoms with Crippen LogP contribution in [0.2, 0.25) is 0 Å². The molecular weight excluding hydrogens is 346 g/mol. The molecule has 2 N–H and O–H groups in total. The average Bonchev–Trinajstić information content (AvgIpc) is 3.11. The van der Waals surface area contributed by atoms with Gasteiger partial charge in [0, 0.05) is 30.3 Å². The third-order valence-corrected chi connectivity index (χ3v) is 5.17. The molecule has 2 aromatic rings. The Morgan fingerprint density at radius 2 is 2.04 bits per heavy atom. The topological polar surface area (TPSA) is 71.1 Å². The molecule has 0 fully saturated rings. The van der Waals surface area contributed by atoms with Crippen molar-refractivity contribution in [3.63, 3.8) is 0 Å². The summed E-state index contributed by atoms with van der Waals surface area (Å²) in [6.45, 7) is 2.16. The average molecular weight is 369 g/mol. The lowest BCUT2D eigenvalue weighted by Gasteiger charge is -2.15. The maximum Gasteiger partial charge on any atom is 0.229 e. The number of carbonyl (C=O) groups is 2. The van der Waals surface area contributed by atoms with Gasteiger partial charge in [0.25, 0.3) is 0 Å². The lowest BCUT2D eigenvalue weighted by atomic mass is 9.94. The Hall–Kier alpha value is -2.47. The van der Waals surface area contributed by atoms with Gasteiger partial charge in [0.1, 0.15) is 0 Å². The Labute approximate surface area is 157 Å². The predicted octanol–water partition coefficient (Wildman–Crippen LogP) is 3.78. The number of allylic oxidation sites excluding steroid dienone is 2. The summed E-state index contributed by atoms with van der Waals surface area (Å²) in [6, 6.07) is 8.14. The van der Waals surface area contributed by atoms with E-state index in [-0.39, 0.29) is 17.7 Å². The van der Waals surface area contributed by atoms with Crippen molar-refractivity contribution in [3.05, 3.63) is 47.4 Å². The highest BCUT2D eigenvalue weighted by molar-refractivity contribution is 7.14. The first-order valence-electron chi connectivity index (χ1n) is 8.87. The van der Waals surface area contributed by atoms with Crippen molar-refractivity contribution in [2.24, 2.45) is 5.92 Å². The molecule has 26 heavy (non-hydrogen) atoms. The lowest BCUT2D eigenvalue weighted by Crippen LogP contribution is -2.23. The summed E-state index contributed by atoms with van der Waals surface area (Å²) in [5, 5.41) is 8.35. The number of amides is 2. The second-order valence-electron chi connectivity index (χ2n) is 6.44. The summed E-state index contributed by atoms with van der Waals surface area (Å²) in [6.07, 6.45) is 7.69. The Morgan fingerprint density at radius 3 is 2.73 bits per heavy atom. The molecule has 1 aliphatic rings. The molecule has 0 bridgehead atoms. The molecule has 0 aliphatic heterocycles. The van der Waals surface area contributed by atoms with Crippen LogP contribution in [0.3, 0.4) is 0 Å². The molecule has 6 heteroatoms. The number of nitrogens with one attached hydrogen (secondary N) is 2. The van der Waals surface area contributed by atoms with Gasteiger partial charge in [0.2, 0.25) is 11.8 Å². The highest BCUT2D eigenvalue weighted by Gasteiger charge is 2.19. The highest BCUT2D eigenvalue weighted by atomic mass is 32.1. The third-order valence-electron chi connectivity index (χ3n) is 4.41. The van der Waals surface area contributed by atoms with E-state index in [1.165, 1.54) is 18.3 Å². The van der Waals surface area contributed by atoms with Gasteiger partial charge in [-0.05, 0) is 31.2 Å². The molecule has 2 amide bonds. The van der Waals surface area contributed by atoms with Crippen molar-refractivity contribution in [2.75, 3.05) is 11.9 Å². The number of nitrogens with zero attached hydrogens (tertiary/aromatic N) is 1. The maximum atomic E-state index is 12.3. The van der Waals surface area contributed by atoms with Crippen molar-refractivity contribution in [2.45, 2.75) is 32.6 Å². The number of anilines is 1. The first kappa shape index (κ1) is 18.3. The summed E-state index contributed by atoms with van der Waals surface area (Å²) < 4.78 is 0. The summed E-state index contributed by atoms with van der Waals surface area (Å²) in [4.78, 5) is 27.7. The van der Waals surface area contributed by atoms with Crippen molar-refractivity contribution in [1.29, 1.82) is 0 Å². The van der Waals surface area contributed by atoms with Gasteiger partial charge in [0.15, 0.2) is 5.13 Å². The fourth-order valence-electron chi connectivity index (χ4n) is 2.93. The maximum absolute atomic E-state index is 12.3. The van der Waals surface area contributed by atoms with Crippen LogP contribution in [-0.4, -0.2) is 23.3 Å². The Kier molecular flexibility index (Phi) is 6.17. The molecule has 0 radical (unpaired) electrons. The minimum absolute atomic E-state index is 0.0112. The van der Waals surface area contributed by atoms with E-state index in [1.54, 1.807) is 0 Å². The Balaban J connectivity index is 1.57. The molecule has 0 unspecified atom stereocenters. The number of thiazole rings is 1. The van der Waals surface area contributed by atoms with Gasteiger partial charge >= 0.3 is 0 Å². The van der Waals surface area contributed by atoms with Gasteiger partial charge in [-0.15, -0.1) is 11.3 Å². The van der Waals surface area contributed by atoms with Crippen LogP contribution in [0.4, 0.5) is 5.13 Å².